The van der Waals surface area contributed by atoms with Crippen molar-refractivity contribution in [1.82, 2.24) is 0 Å². The van der Waals surface area contributed by atoms with Gasteiger partial charge in [-0.3, -0.25) is 0 Å². The molecule has 0 aromatic heterocycles. The summed E-state index contributed by atoms with van der Waals surface area (Å²) in [5.74, 6) is 3.89. The zero-order valence-corrected chi connectivity index (χ0v) is 30.7. The average Bonchev–Trinajstić information content (AvgIpc) is 2.90. The van der Waals surface area contributed by atoms with Gasteiger partial charge in [0.05, 0.1) is 5.60 Å². The molecule has 1 saturated carbocycles. The third-order valence-electron chi connectivity index (χ3n) is 7.18. The second kappa shape index (κ2) is 32.7. The lowest BCUT2D eigenvalue weighted by molar-refractivity contribution is -0.0730. The van der Waals surface area contributed by atoms with Gasteiger partial charge in [0.25, 0.3) is 0 Å². The Morgan fingerprint density at radius 2 is 0.878 bits per heavy atom. The summed E-state index contributed by atoms with van der Waals surface area (Å²) in [7, 11) is 0. The van der Waals surface area contributed by atoms with E-state index in [0.717, 1.165) is 88.7 Å². The highest BCUT2D eigenvalue weighted by Gasteiger charge is 2.31. The number of rotatable bonds is 19. The predicted molar refractivity (Wildman–Crippen MR) is 183 cm³/mol. The molecule has 0 N–H and O–H groups in total. The minimum atomic E-state index is 0.106. The molecule has 1 aliphatic carbocycles. The molecule has 252 valence electrons. The van der Waals surface area contributed by atoms with Crippen LogP contribution in [0.2, 0.25) is 0 Å². The smallest absolute Gasteiger partial charge is 0.0654 e. The van der Waals surface area contributed by atoms with E-state index < -0.39 is 0 Å². The Morgan fingerprint density at radius 3 is 1.22 bits per heavy atom. The number of ether oxygens (including phenoxy) is 4. The van der Waals surface area contributed by atoms with Crippen molar-refractivity contribution < 1.29 is 18.9 Å². The van der Waals surface area contributed by atoms with E-state index >= 15 is 0 Å². The average molecular weight is 589 g/mol. The van der Waals surface area contributed by atoms with Gasteiger partial charge in [0, 0.05) is 46.2 Å². The van der Waals surface area contributed by atoms with Crippen LogP contribution < -0.4 is 0 Å². The van der Waals surface area contributed by atoms with Crippen LogP contribution >= 0.6 is 0 Å². The lowest BCUT2D eigenvalue weighted by Crippen LogP contribution is -2.36. The van der Waals surface area contributed by atoms with E-state index in [0.29, 0.717) is 0 Å². The summed E-state index contributed by atoms with van der Waals surface area (Å²) in [5.41, 5.74) is 0.106. The molecule has 0 amide bonds. The second-order valence-corrected chi connectivity index (χ2v) is 13.9. The normalized spacial score (nSPS) is 14.0. The van der Waals surface area contributed by atoms with Crippen molar-refractivity contribution in [2.75, 3.05) is 46.2 Å². The summed E-state index contributed by atoms with van der Waals surface area (Å²) >= 11 is 0. The summed E-state index contributed by atoms with van der Waals surface area (Å²) in [6, 6.07) is 0. The van der Waals surface area contributed by atoms with E-state index in [9.17, 15) is 0 Å². The molecule has 0 spiro atoms. The van der Waals surface area contributed by atoms with Crippen LogP contribution in [0.25, 0.3) is 0 Å². The molecule has 0 heterocycles. The molecule has 41 heavy (non-hydrogen) atoms. The van der Waals surface area contributed by atoms with Crippen LogP contribution in [0.5, 0.6) is 0 Å². The first-order valence-corrected chi connectivity index (χ1v) is 17.7. The molecule has 1 aliphatic rings. The van der Waals surface area contributed by atoms with Crippen molar-refractivity contribution in [2.24, 2.45) is 29.6 Å². The van der Waals surface area contributed by atoms with Crippen LogP contribution in [-0.4, -0.2) is 51.8 Å². The predicted octanol–water partition coefficient (Wildman–Crippen LogP) is 11.4. The Bertz CT molecular complexity index is 452. The van der Waals surface area contributed by atoms with Gasteiger partial charge in [0.15, 0.2) is 0 Å². The fourth-order valence-corrected chi connectivity index (χ4v) is 4.07. The van der Waals surface area contributed by atoms with Crippen molar-refractivity contribution in [3.63, 3.8) is 0 Å². The molecule has 4 heteroatoms. The van der Waals surface area contributed by atoms with E-state index in [1.54, 1.807) is 0 Å². The van der Waals surface area contributed by atoms with Crippen LogP contribution in [0.3, 0.4) is 0 Å². The first-order valence-electron chi connectivity index (χ1n) is 17.7. The molecule has 0 saturated heterocycles. The first kappa shape index (κ1) is 45.3. The Hall–Kier alpha value is -0.160. The van der Waals surface area contributed by atoms with E-state index in [1.807, 2.05) is 6.92 Å². The van der Waals surface area contributed by atoms with Crippen molar-refractivity contribution >= 4 is 0 Å². The minimum absolute atomic E-state index is 0.106. The van der Waals surface area contributed by atoms with Crippen molar-refractivity contribution in [3.8, 4) is 0 Å². The Balaban J connectivity index is -0.000000490. The second-order valence-electron chi connectivity index (χ2n) is 13.9. The summed E-state index contributed by atoms with van der Waals surface area (Å²) in [4.78, 5) is 0. The SMILES string of the molecule is CC(C)CCOC(C)(C)C1CCCCC1.CCCOCCC(C)C.CCCOCCC(C)C.CCOCCC(C)C. The summed E-state index contributed by atoms with van der Waals surface area (Å²) < 4.78 is 21.8. The van der Waals surface area contributed by atoms with Crippen molar-refractivity contribution in [1.29, 1.82) is 0 Å². The van der Waals surface area contributed by atoms with Gasteiger partial charge >= 0.3 is 0 Å². The summed E-state index contributed by atoms with van der Waals surface area (Å²) in [6.45, 7) is 35.1. The largest absolute Gasteiger partial charge is 0.382 e. The van der Waals surface area contributed by atoms with Crippen LogP contribution in [0.1, 0.15) is 161 Å². The molecule has 1 fully saturated rings. The lowest BCUT2D eigenvalue weighted by Gasteiger charge is -2.37. The van der Waals surface area contributed by atoms with Gasteiger partial charge in [-0.05, 0) is 102 Å². The maximum Gasteiger partial charge on any atom is 0.0654 e. The molecule has 0 atom stereocenters. The highest BCUT2D eigenvalue weighted by atomic mass is 16.5. The quantitative estimate of drug-likeness (QED) is 0.141. The van der Waals surface area contributed by atoms with Crippen molar-refractivity contribution in [2.45, 2.75) is 166 Å². The van der Waals surface area contributed by atoms with E-state index in [1.165, 1.54) is 57.8 Å². The molecule has 0 bridgehead atoms. The van der Waals surface area contributed by atoms with Crippen molar-refractivity contribution in [3.05, 3.63) is 0 Å². The highest BCUT2D eigenvalue weighted by molar-refractivity contribution is 4.82. The van der Waals surface area contributed by atoms with Gasteiger partial charge in [-0.25, -0.2) is 0 Å². The van der Waals surface area contributed by atoms with E-state index in [-0.39, 0.29) is 5.60 Å². The molecule has 0 unspecified atom stereocenters. The third-order valence-corrected chi connectivity index (χ3v) is 7.18. The lowest BCUT2D eigenvalue weighted by atomic mass is 9.79. The van der Waals surface area contributed by atoms with Gasteiger partial charge < -0.3 is 18.9 Å². The fraction of sp³-hybridized carbons (Fsp3) is 1.00. The van der Waals surface area contributed by atoms with Crippen LogP contribution in [0.4, 0.5) is 0 Å². The van der Waals surface area contributed by atoms with Gasteiger partial charge in [0.1, 0.15) is 0 Å². The van der Waals surface area contributed by atoms with Crippen LogP contribution in [-0.2, 0) is 18.9 Å². The van der Waals surface area contributed by atoms with Gasteiger partial charge in [-0.1, -0.05) is 88.5 Å². The van der Waals surface area contributed by atoms with Gasteiger partial charge in [-0.15, -0.1) is 0 Å². The molecule has 0 radical (unpaired) electrons. The maximum atomic E-state index is 6.08. The Kier molecular flexibility index (Phi) is 36.2. The highest BCUT2D eigenvalue weighted by Crippen LogP contribution is 2.34. The minimum Gasteiger partial charge on any atom is -0.382 e. The maximum absolute atomic E-state index is 6.08. The molecule has 4 nitrogen and oxygen atoms in total. The summed E-state index contributed by atoms with van der Waals surface area (Å²) in [6.07, 6.45) is 14.0. The molecule has 0 aromatic carbocycles. The zero-order chi connectivity index (χ0) is 31.9. The first-order chi connectivity index (χ1) is 19.3. The zero-order valence-electron chi connectivity index (χ0n) is 30.7. The fourth-order valence-electron chi connectivity index (χ4n) is 4.07. The van der Waals surface area contributed by atoms with E-state index in [2.05, 4.69) is 83.1 Å². The number of hydrogen-bond donors (Lipinski definition) is 0. The third kappa shape index (κ3) is 39.8. The van der Waals surface area contributed by atoms with Crippen LogP contribution in [0, 0.1) is 29.6 Å². The Labute approximate surface area is 260 Å². The van der Waals surface area contributed by atoms with Gasteiger partial charge in [0.2, 0.25) is 0 Å². The van der Waals surface area contributed by atoms with Crippen LogP contribution in [0.15, 0.2) is 0 Å². The van der Waals surface area contributed by atoms with Gasteiger partial charge in [-0.2, -0.15) is 0 Å². The van der Waals surface area contributed by atoms with E-state index in [4.69, 9.17) is 18.9 Å². The monoisotopic (exact) mass is 589 g/mol. The molecular formula is C37H80O4. The standard InChI is InChI=1S/C14H28O.2C8H18O.C7H16O/c1-12(2)10-11-15-14(3,4)13-8-6-5-7-9-13;2*1-4-6-9-7-5-8(2)3;1-4-8-6-5-7(2)3/h12-13H,5-11H2,1-4H3;2*8H,4-7H2,1-3H3;7H,4-6H2,1-3H3. The molecular weight excluding hydrogens is 508 g/mol. The molecule has 0 aliphatic heterocycles. The molecule has 1 rings (SSSR count). The topological polar surface area (TPSA) is 36.9 Å². The summed E-state index contributed by atoms with van der Waals surface area (Å²) in [5, 5.41) is 0. The number of hydrogen-bond acceptors (Lipinski definition) is 4. The Morgan fingerprint density at radius 1 is 0.512 bits per heavy atom. The molecule has 0 aromatic rings.